The van der Waals surface area contributed by atoms with Gasteiger partial charge in [0.25, 0.3) is 5.91 Å². The lowest BCUT2D eigenvalue weighted by Crippen LogP contribution is -2.39. The summed E-state index contributed by atoms with van der Waals surface area (Å²) in [5.74, 6) is 0.107. The first kappa shape index (κ1) is 18.0. The van der Waals surface area contributed by atoms with Crippen LogP contribution in [0, 0.1) is 0 Å². The van der Waals surface area contributed by atoms with Crippen LogP contribution in [0.4, 0.5) is 0 Å². The third-order valence-electron chi connectivity index (χ3n) is 3.57. The summed E-state index contributed by atoms with van der Waals surface area (Å²) in [6.45, 7) is 5.60. The predicted molar refractivity (Wildman–Crippen MR) is 95.7 cm³/mol. The molecule has 0 spiro atoms. The van der Waals surface area contributed by atoms with Crippen molar-refractivity contribution >= 4 is 52.1 Å². The number of rotatable bonds is 3. The summed E-state index contributed by atoms with van der Waals surface area (Å²) < 4.78 is 10.5. The molecule has 4 nitrogen and oxygen atoms in total. The third kappa shape index (κ3) is 3.47. The minimum Gasteiger partial charge on any atom is -0.460 e. The number of hydrogen-bond donors (Lipinski definition) is 1. The molecule has 23 heavy (non-hydrogen) atoms. The molecule has 1 heterocycles. The maximum atomic E-state index is 12.6. The lowest BCUT2D eigenvalue weighted by molar-refractivity contribution is -0.115. The molecule has 0 atom stereocenters. The fraction of sp³-hybridized carbons (Fsp3) is 0.375. The van der Waals surface area contributed by atoms with Gasteiger partial charge in [-0.25, -0.2) is 0 Å². The predicted octanol–water partition coefficient (Wildman–Crippen LogP) is 4.12. The summed E-state index contributed by atoms with van der Waals surface area (Å²) in [6.07, 6.45) is 0.662. The Hall–Kier alpha value is -1.30. The average molecular weight is 374 g/mol. The summed E-state index contributed by atoms with van der Waals surface area (Å²) in [5, 5.41) is 3.71. The van der Waals surface area contributed by atoms with Crippen LogP contribution in [0.25, 0.3) is 5.57 Å². The van der Waals surface area contributed by atoms with Crippen molar-refractivity contribution in [1.82, 2.24) is 5.32 Å². The van der Waals surface area contributed by atoms with Gasteiger partial charge in [-0.1, -0.05) is 30.1 Å². The summed E-state index contributed by atoms with van der Waals surface area (Å²) in [7, 11) is 1.41. The van der Waals surface area contributed by atoms with Gasteiger partial charge in [0, 0.05) is 22.8 Å². The molecule has 1 aromatic carbocycles. The van der Waals surface area contributed by atoms with Gasteiger partial charge < -0.3 is 14.8 Å². The van der Waals surface area contributed by atoms with Crippen LogP contribution in [0.1, 0.15) is 31.9 Å². The number of aryl methyl sites for hydroxylation is 1. The van der Waals surface area contributed by atoms with Crippen molar-refractivity contribution in [2.45, 2.75) is 32.7 Å². The van der Waals surface area contributed by atoms with Crippen LogP contribution >= 0.6 is 35.4 Å². The zero-order valence-corrected chi connectivity index (χ0v) is 15.6. The molecule has 1 N–H and O–H groups in total. The van der Waals surface area contributed by atoms with Crippen LogP contribution in [0.2, 0.25) is 10.0 Å². The minimum atomic E-state index is -0.733. The number of halogens is 2. The van der Waals surface area contributed by atoms with E-state index in [9.17, 15) is 4.79 Å². The van der Waals surface area contributed by atoms with Crippen molar-refractivity contribution in [3.8, 4) is 0 Å². The molecule has 0 unspecified atom stereocenters. The normalized spacial score (nSPS) is 16.3. The molecule has 1 aliphatic rings. The van der Waals surface area contributed by atoms with Gasteiger partial charge in [0.2, 0.25) is 0 Å². The topological polar surface area (TPSA) is 47.6 Å². The number of carbonyl (C=O) groups excluding carboxylic acids is 1. The van der Waals surface area contributed by atoms with Crippen LogP contribution in [0.5, 0.6) is 0 Å². The number of ether oxygens (including phenoxy) is 2. The number of benzene rings is 1. The van der Waals surface area contributed by atoms with Crippen LogP contribution in [0.15, 0.2) is 17.9 Å². The van der Waals surface area contributed by atoms with E-state index in [0.717, 1.165) is 5.56 Å². The Kier molecular flexibility index (Phi) is 5.23. The second-order valence-corrected chi connectivity index (χ2v) is 6.79. The molecular formula is C16H17Cl2NO3S. The highest BCUT2D eigenvalue weighted by molar-refractivity contribution is 7.79. The Morgan fingerprint density at radius 2 is 2.00 bits per heavy atom. The molecule has 1 aliphatic heterocycles. The maximum Gasteiger partial charge on any atom is 0.357 e. The van der Waals surface area contributed by atoms with Crippen molar-refractivity contribution in [2.75, 3.05) is 7.11 Å². The number of nitrogens with one attached hydrogen (secondary N) is 1. The Morgan fingerprint density at radius 1 is 1.35 bits per heavy atom. The van der Waals surface area contributed by atoms with Crippen LogP contribution in [-0.2, 0) is 20.7 Å². The highest BCUT2D eigenvalue weighted by atomic mass is 35.5. The molecule has 1 amide bonds. The van der Waals surface area contributed by atoms with Crippen LogP contribution in [0.3, 0.4) is 0 Å². The quantitative estimate of drug-likeness (QED) is 0.809. The van der Waals surface area contributed by atoms with E-state index in [1.54, 1.807) is 12.1 Å². The summed E-state index contributed by atoms with van der Waals surface area (Å²) in [6, 6.07) is 3.40. The van der Waals surface area contributed by atoms with Gasteiger partial charge in [0.05, 0.1) is 23.2 Å². The molecule has 0 aliphatic carbocycles. The molecule has 7 heteroatoms. The van der Waals surface area contributed by atoms with E-state index >= 15 is 0 Å². The highest BCUT2D eigenvalue weighted by Gasteiger charge is 2.42. The summed E-state index contributed by atoms with van der Waals surface area (Å²) in [5.41, 5.74) is 1.08. The van der Waals surface area contributed by atoms with Crippen LogP contribution < -0.4 is 5.32 Å². The lowest BCUT2D eigenvalue weighted by atomic mass is 9.94. The Bertz CT molecular complexity index is 714. The molecule has 0 saturated heterocycles. The van der Waals surface area contributed by atoms with Crippen molar-refractivity contribution in [1.29, 1.82) is 0 Å². The fourth-order valence-electron chi connectivity index (χ4n) is 2.54. The number of carbonyl (C=O) groups is 1. The van der Waals surface area contributed by atoms with Crippen molar-refractivity contribution in [3.63, 3.8) is 0 Å². The Balaban J connectivity index is 2.73. The maximum absolute atomic E-state index is 12.6. The first-order valence-corrected chi connectivity index (χ1v) is 8.19. The number of hydrogen-bond acceptors (Lipinski definition) is 4. The number of amides is 1. The molecule has 0 saturated carbocycles. The highest BCUT2D eigenvalue weighted by Crippen LogP contribution is 2.40. The fourth-order valence-corrected chi connectivity index (χ4v) is 3.25. The minimum absolute atomic E-state index is 0.0646. The van der Waals surface area contributed by atoms with Crippen LogP contribution in [-0.4, -0.2) is 23.8 Å². The largest absolute Gasteiger partial charge is 0.460 e. The van der Waals surface area contributed by atoms with Gasteiger partial charge in [-0.05, 0) is 38.0 Å². The van der Waals surface area contributed by atoms with Gasteiger partial charge >= 0.3 is 5.24 Å². The van der Waals surface area contributed by atoms with Crippen molar-refractivity contribution in [2.24, 2.45) is 0 Å². The third-order valence-corrected chi connectivity index (χ3v) is 4.33. The first-order chi connectivity index (χ1) is 10.7. The van der Waals surface area contributed by atoms with E-state index in [2.05, 4.69) is 5.32 Å². The first-order valence-electron chi connectivity index (χ1n) is 7.02. The summed E-state index contributed by atoms with van der Waals surface area (Å²) >= 11 is 17.4. The van der Waals surface area contributed by atoms with E-state index < -0.39 is 5.54 Å². The SMILES string of the molecule is CCc1cc(Cl)cc(Cl)c1C1=C(OC(=S)OC)C(C)(C)NC1=O. The van der Waals surface area contributed by atoms with Crippen molar-refractivity contribution < 1.29 is 14.3 Å². The van der Waals surface area contributed by atoms with Gasteiger partial charge in [0.1, 0.15) is 5.76 Å². The van der Waals surface area contributed by atoms with E-state index in [-0.39, 0.29) is 11.1 Å². The van der Waals surface area contributed by atoms with Gasteiger partial charge in [0.15, 0.2) is 0 Å². The lowest BCUT2D eigenvalue weighted by Gasteiger charge is -2.22. The number of thiocarbonyl (C=S) groups is 1. The molecular weight excluding hydrogens is 357 g/mol. The van der Waals surface area contributed by atoms with Gasteiger partial charge in [-0.3, -0.25) is 4.79 Å². The smallest absolute Gasteiger partial charge is 0.357 e. The molecule has 2 rings (SSSR count). The second kappa shape index (κ2) is 6.67. The molecule has 0 fully saturated rings. The molecule has 0 radical (unpaired) electrons. The monoisotopic (exact) mass is 373 g/mol. The van der Waals surface area contributed by atoms with E-state index in [0.29, 0.717) is 33.4 Å². The molecule has 0 bridgehead atoms. The second-order valence-electron chi connectivity index (χ2n) is 5.61. The van der Waals surface area contributed by atoms with E-state index in [1.165, 1.54) is 7.11 Å². The molecule has 124 valence electrons. The van der Waals surface area contributed by atoms with Gasteiger partial charge in [-0.15, -0.1) is 0 Å². The Morgan fingerprint density at radius 3 is 2.57 bits per heavy atom. The zero-order chi connectivity index (χ0) is 17.4. The standard InChI is InChI=1S/C16H17Cl2NO3S/c1-5-8-6-9(17)7-10(18)11(8)12-13(22-15(23)21-4)16(2,3)19-14(12)20/h6-7H,5H2,1-4H3,(H,19,20). The Labute approximate surface area is 150 Å². The van der Waals surface area contributed by atoms with E-state index in [1.807, 2.05) is 20.8 Å². The average Bonchev–Trinajstić information content (AvgIpc) is 2.67. The molecule has 1 aromatic rings. The number of methoxy groups -OCH3 is 1. The molecule has 0 aromatic heterocycles. The van der Waals surface area contributed by atoms with Crippen molar-refractivity contribution in [3.05, 3.63) is 39.1 Å². The van der Waals surface area contributed by atoms with Gasteiger partial charge in [-0.2, -0.15) is 0 Å². The van der Waals surface area contributed by atoms with E-state index in [4.69, 9.17) is 44.9 Å². The summed E-state index contributed by atoms with van der Waals surface area (Å²) in [4.78, 5) is 12.6. The zero-order valence-electron chi connectivity index (χ0n) is 13.3.